The zero-order chi connectivity index (χ0) is 9.68. The van der Waals surface area contributed by atoms with Gasteiger partial charge in [-0.25, -0.2) is 0 Å². The standard InChI is InChI=1S/C7H13N5O/c1-5-11-6(13-12-5)3-4-10-7(8)9-2/h3-4H2,1-2H3,(H3,8,9,10). The van der Waals surface area contributed by atoms with Crippen molar-refractivity contribution in [3.63, 3.8) is 0 Å². The number of aryl methyl sites for hydroxylation is 1. The van der Waals surface area contributed by atoms with E-state index in [1.807, 2.05) is 0 Å². The van der Waals surface area contributed by atoms with Crippen LogP contribution in [0.5, 0.6) is 0 Å². The summed E-state index contributed by atoms with van der Waals surface area (Å²) in [5.74, 6) is 1.66. The van der Waals surface area contributed by atoms with Crippen molar-refractivity contribution in [2.24, 2.45) is 10.7 Å². The molecule has 0 aromatic carbocycles. The first kappa shape index (κ1) is 9.50. The first-order chi connectivity index (χ1) is 6.22. The van der Waals surface area contributed by atoms with Gasteiger partial charge in [-0.1, -0.05) is 5.16 Å². The predicted molar refractivity (Wildman–Crippen MR) is 48.3 cm³/mol. The maximum absolute atomic E-state index is 5.41. The summed E-state index contributed by atoms with van der Waals surface area (Å²) < 4.78 is 4.90. The quantitative estimate of drug-likeness (QED) is 0.485. The van der Waals surface area contributed by atoms with Crippen molar-refractivity contribution < 1.29 is 4.52 Å². The van der Waals surface area contributed by atoms with Crippen LogP contribution in [0.25, 0.3) is 0 Å². The van der Waals surface area contributed by atoms with E-state index in [4.69, 9.17) is 10.3 Å². The molecule has 0 unspecified atom stereocenters. The van der Waals surface area contributed by atoms with Gasteiger partial charge in [0.25, 0.3) is 0 Å². The average molecular weight is 183 g/mol. The number of hydrogen-bond acceptors (Lipinski definition) is 4. The van der Waals surface area contributed by atoms with E-state index in [2.05, 4.69) is 20.4 Å². The molecule has 6 nitrogen and oxygen atoms in total. The Morgan fingerprint density at radius 2 is 2.46 bits per heavy atom. The van der Waals surface area contributed by atoms with Gasteiger partial charge in [0.2, 0.25) is 5.89 Å². The van der Waals surface area contributed by atoms with Gasteiger partial charge in [0, 0.05) is 20.0 Å². The molecular weight excluding hydrogens is 170 g/mol. The molecule has 0 atom stereocenters. The highest BCUT2D eigenvalue weighted by Gasteiger charge is 2.01. The minimum absolute atomic E-state index is 0.413. The molecule has 0 amide bonds. The van der Waals surface area contributed by atoms with E-state index >= 15 is 0 Å². The lowest BCUT2D eigenvalue weighted by atomic mass is 10.4. The lowest BCUT2D eigenvalue weighted by Gasteiger charge is -2.00. The summed E-state index contributed by atoms with van der Waals surface area (Å²) >= 11 is 0. The Hall–Kier alpha value is -1.59. The fraction of sp³-hybridized carbons (Fsp3) is 0.571. The van der Waals surface area contributed by atoms with Gasteiger partial charge in [0.05, 0.1) is 0 Å². The number of hydrogen-bond donors (Lipinski definition) is 2. The second-order valence-corrected chi connectivity index (χ2v) is 2.52. The third kappa shape index (κ3) is 3.10. The summed E-state index contributed by atoms with van der Waals surface area (Å²) in [5.41, 5.74) is 5.41. The highest BCUT2D eigenvalue weighted by molar-refractivity contribution is 5.77. The molecule has 0 aliphatic carbocycles. The number of rotatable bonds is 3. The summed E-state index contributed by atoms with van der Waals surface area (Å²) in [6.45, 7) is 2.42. The van der Waals surface area contributed by atoms with Crippen LogP contribution in [-0.4, -0.2) is 29.7 Å². The summed E-state index contributed by atoms with van der Waals surface area (Å²) in [7, 11) is 1.62. The maximum atomic E-state index is 5.41. The van der Waals surface area contributed by atoms with Crippen molar-refractivity contribution in [1.29, 1.82) is 0 Å². The molecule has 0 fully saturated rings. The van der Waals surface area contributed by atoms with Crippen LogP contribution in [0.15, 0.2) is 9.52 Å². The highest BCUT2D eigenvalue weighted by atomic mass is 16.5. The van der Waals surface area contributed by atoms with Crippen LogP contribution in [0.1, 0.15) is 11.7 Å². The van der Waals surface area contributed by atoms with E-state index in [1.165, 1.54) is 0 Å². The summed E-state index contributed by atoms with van der Waals surface area (Å²) in [6, 6.07) is 0. The van der Waals surface area contributed by atoms with Crippen LogP contribution in [-0.2, 0) is 6.42 Å². The van der Waals surface area contributed by atoms with Gasteiger partial charge in [0.1, 0.15) is 0 Å². The van der Waals surface area contributed by atoms with E-state index in [0.29, 0.717) is 30.6 Å². The summed E-state index contributed by atoms with van der Waals surface area (Å²) in [5, 5.41) is 6.55. The third-order valence-corrected chi connectivity index (χ3v) is 1.46. The van der Waals surface area contributed by atoms with Crippen LogP contribution >= 0.6 is 0 Å². The van der Waals surface area contributed by atoms with Crippen LogP contribution in [0.3, 0.4) is 0 Å². The van der Waals surface area contributed by atoms with Gasteiger partial charge in [-0.15, -0.1) is 0 Å². The van der Waals surface area contributed by atoms with Gasteiger partial charge < -0.3 is 15.6 Å². The van der Waals surface area contributed by atoms with Gasteiger partial charge >= 0.3 is 0 Å². The number of nitrogens with two attached hydrogens (primary N) is 1. The molecule has 0 aliphatic heterocycles. The van der Waals surface area contributed by atoms with Crippen LogP contribution in [0, 0.1) is 6.92 Å². The summed E-state index contributed by atoms with van der Waals surface area (Å²) in [6.07, 6.45) is 0.650. The molecule has 0 saturated heterocycles. The minimum atomic E-state index is 0.413. The number of nitrogens with zero attached hydrogens (tertiary/aromatic N) is 3. The molecule has 1 aromatic rings. The van der Waals surface area contributed by atoms with Crippen molar-refractivity contribution >= 4 is 5.96 Å². The SMILES string of the molecule is CN=C(N)NCCc1nc(C)no1. The summed E-state index contributed by atoms with van der Waals surface area (Å²) in [4.78, 5) is 7.78. The molecule has 1 heterocycles. The van der Waals surface area contributed by atoms with E-state index in [0.717, 1.165) is 0 Å². The monoisotopic (exact) mass is 183 g/mol. The Balaban J connectivity index is 2.28. The van der Waals surface area contributed by atoms with E-state index in [-0.39, 0.29) is 0 Å². The largest absolute Gasteiger partial charge is 0.370 e. The van der Waals surface area contributed by atoms with E-state index < -0.39 is 0 Å². The first-order valence-corrected chi connectivity index (χ1v) is 3.97. The highest BCUT2D eigenvalue weighted by Crippen LogP contribution is 1.95. The second kappa shape index (κ2) is 4.44. The van der Waals surface area contributed by atoms with E-state index in [9.17, 15) is 0 Å². The number of aromatic nitrogens is 2. The fourth-order valence-corrected chi connectivity index (χ4v) is 0.818. The Kier molecular flexibility index (Phi) is 3.24. The zero-order valence-corrected chi connectivity index (χ0v) is 7.74. The first-order valence-electron chi connectivity index (χ1n) is 3.97. The molecule has 13 heavy (non-hydrogen) atoms. The predicted octanol–water partition coefficient (Wildman–Crippen LogP) is -0.545. The molecular formula is C7H13N5O. The van der Waals surface area contributed by atoms with E-state index in [1.54, 1.807) is 14.0 Å². The Morgan fingerprint density at radius 1 is 1.69 bits per heavy atom. The van der Waals surface area contributed by atoms with Gasteiger partial charge in [0.15, 0.2) is 11.8 Å². The molecule has 1 rings (SSSR count). The normalized spacial score (nSPS) is 11.7. The molecule has 0 aliphatic rings. The molecule has 0 spiro atoms. The fourth-order valence-electron chi connectivity index (χ4n) is 0.818. The van der Waals surface area contributed by atoms with Gasteiger partial charge in [-0.3, -0.25) is 4.99 Å². The Morgan fingerprint density at radius 3 is 3.00 bits per heavy atom. The van der Waals surface area contributed by atoms with Crippen molar-refractivity contribution in [1.82, 2.24) is 15.5 Å². The molecule has 1 aromatic heterocycles. The number of nitrogens with one attached hydrogen (secondary N) is 1. The maximum Gasteiger partial charge on any atom is 0.228 e. The third-order valence-electron chi connectivity index (χ3n) is 1.46. The second-order valence-electron chi connectivity index (χ2n) is 2.52. The van der Waals surface area contributed by atoms with Crippen molar-refractivity contribution in [2.45, 2.75) is 13.3 Å². The number of aliphatic imine (C=N–C) groups is 1. The lowest BCUT2D eigenvalue weighted by molar-refractivity contribution is 0.374. The van der Waals surface area contributed by atoms with Crippen LogP contribution < -0.4 is 11.1 Å². The van der Waals surface area contributed by atoms with Gasteiger partial charge in [-0.2, -0.15) is 4.98 Å². The molecule has 72 valence electrons. The Labute approximate surface area is 76.2 Å². The molecule has 6 heteroatoms. The van der Waals surface area contributed by atoms with Crippen LogP contribution in [0.2, 0.25) is 0 Å². The van der Waals surface area contributed by atoms with Gasteiger partial charge in [-0.05, 0) is 6.92 Å². The van der Waals surface area contributed by atoms with Crippen LogP contribution in [0.4, 0.5) is 0 Å². The minimum Gasteiger partial charge on any atom is -0.370 e. The zero-order valence-electron chi connectivity index (χ0n) is 7.74. The molecule has 0 saturated carbocycles. The lowest BCUT2D eigenvalue weighted by Crippen LogP contribution is -2.32. The molecule has 3 N–H and O–H groups in total. The number of guanidine groups is 1. The molecule has 0 bridgehead atoms. The van der Waals surface area contributed by atoms with Crippen molar-refractivity contribution in [3.05, 3.63) is 11.7 Å². The average Bonchev–Trinajstić information content (AvgIpc) is 2.51. The van der Waals surface area contributed by atoms with Crippen molar-refractivity contribution in [3.8, 4) is 0 Å². The topological polar surface area (TPSA) is 89.3 Å². The molecule has 0 radical (unpaired) electrons. The Bertz CT molecular complexity index is 293. The van der Waals surface area contributed by atoms with Crippen molar-refractivity contribution in [2.75, 3.05) is 13.6 Å². The smallest absolute Gasteiger partial charge is 0.228 e.